The summed E-state index contributed by atoms with van der Waals surface area (Å²) in [6.45, 7) is 8.46. The highest BCUT2D eigenvalue weighted by Crippen LogP contribution is 2.32. The van der Waals surface area contributed by atoms with Crippen LogP contribution in [0.15, 0.2) is 52.9 Å². The molecule has 4 nitrogen and oxygen atoms in total. The van der Waals surface area contributed by atoms with Gasteiger partial charge in [-0.3, -0.25) is 4.79 Å². The van der Waals surface area contributed by atoms with E-state index in [-0.39, 0.29) is 18.2 Å². The van der Waals surface area contributed by atoms with E-state index in [2.05, 4.69) is 73.3 Å². The summed E-state index contributed by atoms with van der Waals surface area (Å²) in [5, 5.41) is 3.25. The fourth-order valence-corrected chi connectivity index (χ4v) is 6.55. The average Bonchev–Trinajstić information content (AvgIpc) is 3.10. The van der Waals surface area contributed by atoms with Crippen LogP contribution in [0.3, 0.4) is 0 Å². The minimum atomic E-state index is 0. The Kier molecular flexibility index (Phi) is 18.6. The minimum Gasteiger partial charge on any atom is -1.00 e. The number of carbonyl (C=O) groups is 1. The van der Waals surface area contributed by atoms with Crippen LogP contribution in [-0.4, -0.2) is 23.9 Å². The summed E-state index contributed by atoms with van der Waals surface area (Å²) in [5.41, 5.74) is 3.44. The average molecular weight is 681 g/mol. The molecule has 0 amide bonds. The van der Waals surface area contributed by atoms with Gasteiger partial charge in [-0.1, -0.05) is 114 Å². The first kappa shape index (κ1) is 39.8. The highest BCUT2D eigenvalue weighted by Gasteiger charge is 2.16. The lowest BCUT2D eigenvalue weighted by atomic mass is 9.97. The van der Waals surface area contributed by atoms with Gasteiger partial charge in [-0.15, -0.1) is 0 Å². The molecule has 1 aliphatic carbocycles. The summed E-state index contributed by atoms with van der Waals surface area (Å²) < 4.78 is 8.75. The van der Waals surface area contributed by atoms with Gasteiger partial charge in [-0.25, -0.2) is 9.56 Å². The number of carbonyl (C=O) groups excluding carboxylic acids is 1. The fourth-order valence-electron chi connectivity index (χ4n) is 6.55. The molecule has 2 aromatic rings. The van der Waals surface area contributed by atoms with E-state index in [0.29, 0.717) is 12.8 Å². The minimum absolute atomic E-state index is 0. The molecular formula is C44H57ClN2O2. The van der Waals surface area contributed by atoms with Crippen molar-refractivity contribution in [2.45, 2.75) is 136 Å². The Balaban J connectivity index is 0.00000650. The number of hydrogen-bond donors (Lipinski definition) is 0. The second kappa shape index (κ2) is 22.9. The highest BCUT2D eigenvalue weighted by atomic mass is 35.5. The molecule has 0 aromatic heterocycles. The number of Topliss-reactive ketones (excluding diaryl/α,β-unsaturated/α-hetero) is 1. The zero-order valence-electron chi connectivity index (χ0n) is 30.3. The van der Waals surface area contributed by atoms with Gasteiger partial charge in [0.15, 0.2) is 11.3 Å². The number of fused-ring (bicyclic) bond motifs is 4. The zero-order chi connectivity index (χ0) is 33.8. The summed E-state index contributed by atoms with van der Waals surface area (Å²) in [6.07, 6.45) is 20.4. The van der Waals surface area contributed by atoms with Gasteiger partial charge >= 0.3 is 0 Å². The van der Waals surface area contributed by atoms with Gasteiger partial charge in [0.1, 0.15) is 30.1 Å². The normalized spacial score (nSPS) is 10.8. The van der Waals surface area contributed by atoms with Crippen molar-refractivity contribution in [1.29, 1.82) is 0 Å². The van der Waals surface area contributed by atoms with E-state index in [1.807, 2.05) is 24.3 Å². The van der Waals surface area contributed by atoms with Crippen LogP contribution in [0.4, 0.5) is 0 Å². The number of benzene rings is 3. The van der Waals surface area contributed by atoms with E-state index < -0.39 is 0 Å². The summed E-state index contributed by atoms with van der Waals surface area (Å²) in [5.74, 6) is 13.6. The molecule has 0 bridgehead atoms. The number of hydrogen-bond acceptors (Lipinski definition) is 3. The second-order valence-electron chi connectivity index (χ2n) is 13.1. The molecule has 1 heterocycles. The van der Waals surface area contributed by atoms with E-state index in [0.717, 1.165) is 89.4 Å². The van der Waals surface area contributed by atoms with Crippen molar-refractivity contribution in [1.82, 2.24) is 9.56 Å². The number of halogens is 1. The van der Waals surface area contributed by atoms with Crippen LogP contribution in [0.25, 0.3) is 33.3 Å². The van der Waals surface area contributed by atoms with Crippen molar-refractivity contribution >= 4 is 27.7 Å². The smallest absolute Gasteiger partial charge is 0.203 e. The molecule has 0 radical (unpaired) electrons. The maximum Gasteiger partial charge on any atom is 0.203 e. The monoisotopic (exact) mass is 680 g/mol. The number of ketones is 1. The third-order valence-corrected chi connectivity index (χ3v) is 9.38. The Morgan fingerprint density at radius 2 is 1.31 bits per heavy atom. The Labute approximate surface area is 301 Å². The second-order valence-corrected chi connectivity index (χ2v) is 13.1. The number of nitrogens with zero attached hydrogens (tertiary/aromatic N) is 2. The zero-order valence-corrected chi connectivity index (χ0v) is 31.1. The Morgan fingerprint density at radius 1 is 0.714 bits per heavy atom. The van der Waals surface area contributed by atoms with Crippen molar-refractivity contribution < 1.29 is 21.6 Å². The van der Waals surface area contributed by atoms with Crippen molar-refractivity contribution in [3.8, 4) is 35.1 Å². The standard InChI is InChI=1S/C44H57N2O2.ClH/c1-4-7-8-9-10-11-12-13-14-15-16-17-18-19-20-21-22-23-24-25-28-38(47)33-36-34-43-44(40-30-27-26-29-39(36)40)45-41-32-31-37(35-42(41)48-43)46(5-2)6-3;/h26-27,29-32,34-35H,4-14,19-25,28,33H2,1-3H3;1H/q+1;/p-1. The van der Waals surface area contributed by atoms with Crippen molar-refractivity contribution in [2.75, 3.05) is 13.1 Å². The SMILES string of the molecule is CCCCCCCCCCC#CC#CCCCCCCCCC(=O)Cc1cc2oc3cc(=[N+](CC)CC)ccc-3nc2c2ccccc12.[Cl-]. The largest absolute Gasteiger partial charge is 1.00 e. The van der Waals surface area contributed by atoms with E-state index >= 15 is 0 Å². The van der Waals surface area contributed by atoms with E-state index in [9.17, 15) is 4.79 Å². The molecule has 0 spiro atoms. The fraction of sp³-hybridized carbons (Fsp3) is 0.523. The molecule has 262 valence electrons. The lowest BCUT2D eigenvalue weighted by Gasteiger charge is -2.12. The molecule has 5 heteroatoms. The van der Waals surface area contributed by atoms with Gasteiger partial charge in [0.25, 0.3) is 0 Å². The predicted molar refractivity (Wildman–Crippen MR) is 203 cm³/mol. The van der Waals surface area contributed by atoms with Crippen molar-refractivity contribution in [3.63, 3.8) is 0 Å². The molecule has 1 aliphatic heterocycles. The van der Waals surface area contributed by atoms with Gasteiger partial charge in [0, 0.05) is 37.1 Å². The summed E-state index contributed by atoms with van der Waals surface area (Å²) in [6, 6.07) is 16.5. The number of aromatic nitrogens is 1. The highest BCUT2D eigenvalue weighted by molar-refractivity contribution is 6.06. The maximum atomic E-state index is 13.1. The molecular weight excluding hydrogens is 624 g/mol. The Hall–Kier alpha value is -3.60. The lowest BCUT2D eigenvalue weighted by molar-refractivity contribution is -0.118. The molecule has 0 atom stereocenters. The quantitative estimate of drug-likeness (QED) is 0.0317. The molecule has 49 heavy (non-hydrogen) atoms. The van der Waals surface area contributed by atoms with Crippen LogP contribution < -0.4 is 22.3 Å². The first-order valence-electron chi connectivity index (χ1n) is 18.9. The van der Waals surface area contributed by atoms with Crippen LogP contribution in [0, 0.1) is 23.7 Å². The van der Waals surface area contributed by atoms with Gasteiger partial charge in [-0.2, -0.15) is 0 Å². The van der Waals surface area contributed by atoms with Crippen molar-refractivity contribution in [3.05, 3.63) is 59.5 Å². The molecule has 2 aliphatic rings. The summed E-state index contributed by atoms with van der Waals surface area (Å²) in [7, 11) is 0. The maximum absolute atomic E-state index is 13.1. The van der Waals surface area contributed by atoms with E-state index in [4.69, 9.17) is 9.40 Å². The third kappa shape index (κ3) is 13.0. The van der Waals surface area contributed by atoms with Crippen LogP contribution in [0.2, 0.25) is 0 Å². The summed E-state index contributed by atoms with van der Waals surface area (Å²) >= 11 is 0. The van der Waals surface area contributed by atoms with Gasteiger partial charge in [0.2, 0.25) is 5.36 Å². The summed E-state index contributed by atoms with van der Waals surface area (Å²) in [4.78, 5) is 18.1. The first-order valence-corrected chi connectivity index (χ1v) is 18.9. The van der Waals surface area contributed by atoms with Crippen LogP contribution in [-0.2, 0) is 11.2 Å². The molecule has 4 rings (SSSR count). The third-order valence-electron chi connectivity index (χ3n) is 9.38. The van der Waals surface area contributed by atoms with Gasteiger partial charge in [-0.05, 0) is 68.0 Å². The van der Waals surface area contributed by atoms with Crippen LogP contribution >= 0.6 is 0 Å². The number of unbranched alkanes of at least 4 members (excludes halogenated alkanes) is 14. The number of rotatable bonds is 20. The first-order chi connectivity index (χ1) is 23.6. The van der Waals surface area contributed by atoms with Gasteiger partial charge in [0.05, 0.1) is 6.07 Å². The van der Waals surface area contributed by atoms with E-state index in [1.165, 1.54) is 70.6 Å². The Morgan fingerprint density at radius 3 is 1.94 bits per heavy atom. The molecule has 0 saturated carbocycles. The molecule has 0 fully saturated rings. The predicted octanol–water partition coefficient (Wildman–Crippen LogP) is 7.67. The molecule has 2 aromatic carbocycles. The Bertz CT molecular complexity index is 1760. The van der Waals surface area contributed by atoms with Crippen LogP contribution in [0.5, 0.6) is 0 Å². The molecule has 0 saturated heterocycles. The molecule has 0 N–H and O–H groups in total. The van der Waals surface area contributed by atoms with Gasteiger partial charge < -0.3 is 16.8 Å². The topological polar surface area (TPSA) is 46.1 Å². The lowest BCUT2D eigenvalue weighted by Crippen LogP contribution is -3.00. The van der Waals surface area contributed by atoms with Crippen LogP contribution in [0.1, 0.15) is 135 Å². The molecule has 0 unspecified atom stereocenters. The van der Waals surface area contributed by atoms with Crippen molar-refractivity contribution in [2.24, 2.45) is 0 Å². The van der Waals surface area contributed by atoms with E-state index in [1.54, 1.807) is 0 Å².